The van der Waals surface area contributed by atoms with Crippen molar-refractivity contribution >= 4 is 11.9 Å². The fourth-order valence-corrected chi connectivity index (χ4v) is 4.04. The molecule has 0 N–H and O–H groups in total. The van der Waals surface area contributed by atoms with Crippen LogP contribution >= 0.6 is 0 Å². The molecule has 3 fully saturated rings. The van der Waals surface area contributed by atoms with Crippen molar-refractivity contribution in [2.45, 2.75) is 32.0 Å². The molecule has 1 aromatic heterocycles. The van der Waals surface area contributed by atoms with Gasteiger partial charge in [0.2, 0.25) is 11.9 Å². The van der Waals surface area contributed by atoms with Gasteiger partial charge in [0.25, 0.3) is 0 Å². The van der Waals surface area contributed by atoms with Crippen molar-refractivity contribution in [1.82, 2.24) is 19.8 Å². The molecule has 0 saturated carbocycles. The Morgan fingerprint density at radius 1 is 1.20 bits per heavy atom. The van der Waals surface area contributed by atoms with Crippen molar-refractivity contribution < 1.29 is 9.53 Å². The molecule has 0 aromatic carbocycles. The zero-order valence-electron chi connectivity index (χ0n) is 15.1. The summed E-state index contributed by atoms with van der Waals surface area (Å²) in [7, 11) is 2.11. The van der Waals surface area contributed by atoms with Crippen LogP contribution in [0.2, 0.25) is 0 Å². The highest BCUT2D eigenvalue weighted by atomic mass is 16.5. The summed E-state index contributed by atoms with van der Waals surface area (Å²) in [5, 5.41) is 0. The van der Waals surface area contributed by atoms with Crippen molar-refractivity contribution in [3.63, 3.8) is 0 Å². The minimum atomic E-state index is -0.0413. The summed E-state index contributed by atoms with van der Waals surface area (Å²) >= 11 is 0. The summed E-state index contributed by atoms with van der Waals surface area (Å²) < 4.78 is 6.08. The van der Waals surface area contributed by atoms with Crippen molar-refractivity contribution in [1.29, 1.82) is 0 Å². The van der Waals surface area contributed by atoms with E-state index in [1.807, 2.05) is 17.3 Å². The van der Waals surface area contributed by atoms with Gasteiger partial charge in [-0.25, -0.2) is 9.97 Å². The average molecular weight is 345 g/mol. The summed E-state index contributed by atoms with van der Waals surface area (Å²) in [5.74, 6) is 1.00. The highest BCUT2D eigenvalue weighted by Crippen LogP contribution is 2.34. The van der Waals surface area contributed by atoms with Crippen LogP contribution in [-0.4, -0.2) is 84.2 Å². The maximum absolute atomic E-state index is 13.0. The molecule has 0 unspecified atom stereocenters. The molecule has 4 heterocycles. The molecule has 1 aromatic rings. The number of carbonyl (C=O) groups excluding carboxylic acids is 1. The van der Waals surface area contributed by atoms with Crippen LogP contribution in [0.15, 0.2) is 12.4 Å². The van der Waals surface area contributed by atoms with Crippen LogP contribution in [0.25, 0.3) is 0 Å². The Bertz CT molecular complexity index is 614. The van der Waals surface area contributed by atoms with Gasteiger partial charge in [-0.2, -0.15) is 0 Å². The number of carbonyl (C=O) groups is 1. The maximum atomic E-state index is 13.0. The first-order chi connectivity index (χ1) is 12.1. The molecule has 25 heavy (non-hydrogen) atoms. The van der Waals surface area contributed by atoms with Gasteiger partial charge < -0.3 is 19.4 Å². The summed E-state index contributed by atoms with van der Waals surface area (Å²) in [6.07, 6.45) is 5.62. The highest BCUT2D eigenvalue weighted by molar-refractivity contribution is 5.80. The van der Waals surface area contributed by atoms with Crippen molar-refractivity contribution in [2.24, 2.45) is 5.92 Å². The molecule has 136 valence electrons. The number of aryl methyl sites for hydroxylation is 1. The van der Waals surface area contributed by atoms with Gasteiger partial charge in [0, 0.05) is 51.7 Å². The fraction of sp³-hybridized carbons (Fsp3) is 0.722. The second kappa shape index (κ2) is 6.88. The Labute approximate surface area is 149 Å². The van der Waals surface area contributed by atoms with E-state index in [2.05, 4.69) is 33.7 Å². The Morgan fingerprint density at radius 3 is 2.60 bits per heavy atom. The molecule has 2 bridgehead atoms. The Balaban J connectivity index is 1.42. The number of piperazine rings is 1. The number of ether oxygens (including phenoxy) is 1. The van der Waals surface area contributed by atoms with Crippen LogP contribution in [0, 0.1) is 5.92 Å². The SMILES string of the molecule is CCc1cnc(N2C[C@H]3C[C@H](C(=O)N4CCN(C)CC4)[C@@H](C2)O3)nc1. The maximum Gasteiger partial charge on any atom is 0.228 e. The molecule has 3 atom stereocenters. The summed E-state index contributed by atoms with van der Waals surface area (Å²) in [4.78, 5) is 28.4. The fourth-order valence-electron chi connectivity index (χ4n) is 4.04. The van der Waals surface area contributed by atoms with Gasteiger partial charge in [0.1, 0.15) is 0 Å². The van der Waals surface area contributed by atoms with Crippen LogP contribution in [0.3, 0.4) is 0 Å². The lowest BCUT2D eigenvalue weighted by molar-refractivity contribution is -0.139. The van der Waals surface area contributed by atoms with Gasteiger partial charge in [0.15, 0.2) is 0 Å². The predicted molar refractivity (Wildman–Crippen MR) is 94.5 cm³/mol. The molecule has 3 aliphatic heterocycles. The molecule has 3 aliphatic rings. The first kappa shape index (κ1) is 16.7. The lowest BCUT2D eigenvalue weighted by Crippen LogP contribution is -2.51. The third-order valence-corrected chi connectivity index (χ3v) is 5.67. The molecule has 1 amide bonds. The zero-order chi connectivity index (χ0) is 17.4. The first-order valence-electron chi connectivity index (χ1n) is 9.32. The van der Waals surface area contributed by atoms with E-state index in [1.54, 1.807) is 0 Å². The lowest BCUT2D eigenvalue weighted by atomic mass is 9.98. The number of amides is 1. The summed E-state index contributed by atoms with van der Waals surface area (Å²) in [6, 6.07) is 0. The predicted octanol–water partition coefficient (Wildman–Crippen LogP) is 0.407. The number of hydrogen-bond acceptors (Lipinski definition) is 6. The van der Waals surface area contributed by atoms with Gasteiger partial charge in [-0.1, -0.05) is 6.92 Å². The molecule has 3 saturated heterocycles. The van der Waals surface area contributed by atoms with Gasteiger partial charge in [-0.05, 0) is 25.5 Å². The van der Waals surface area contributed by atoms with Gasteiger partial charge in [-0.3, -0.25) is 4.79 Å². The minimum Gasteiger partial charge on any atom is -0.370 e. The van der Waals surface area contributed by atoms with E-state index in [1.165, 1.54) is 0 Å². The van der Waals surface area contributed by atoms with E-state index in [0.717, 1.165) is 57.1 Å². The minimum absolute atomic E-state index is 0.0201. The van der Waals surface area contributed by atoms with Crippen LogP contribution in [0.4, 0.5) is 5.95 Å². The quantitative estimate of drug-likeness (QED) is 0.791. The van der Waals surface area contributed by atoms with Crippen LogP contribution in [0.1, 0.15) is 18.9 Å². The Hall–Kier alpha value is -1.73. The number of fused-ring (bicyclic) bond motifs is 2. The molecule has 7 nitrogen and oxygen atoms in total. The number of anilines is 1. The van der Waals surface area contributed by atoms with E-state index < -0.39 is 0 Å². The highest BCUT2D eigenvalue weighted by Gasteiger charge is 2.46. The molecule has 4 rings (SSSR count). The van der Waals surface area contributed by atoms with Crippen LogP contribution < -0.4 is 4.90 Å². The smallest absolute Gasteiger partial charge is 0.228 e. The molecule has 0 aliphatic carbocycles. The molecule has 7 heteroatoms. The van der Waals surface area contributed by atoms with E-state index in [4.69, 9.17) is 4.74 Å². The average Bonchev–Trinajstić information content (AvgIpc) is 2.95. The first-order valence-corrected chi connectivity index (χ1v) is 9.32. The van der Waals surface area contributed by atoms with Crippen molar-refractivity contribution in [3.8, 4) is 0 Å². The van der Waals surface area contributed by atoms with E-state index >= 15 is 0 Å². The van der Waals surface area contributed by atoms with Crippen molar-refractivity contribution in [3.05, 3.63) is 18.0 Å². The number of aromatic nitrogens is 2. The van der Waals surface area contributed by atoms with E-state index in [-0.39, 0.29) is 24.0 Å². The van der Waals surface area contributed by atoms with Crippen LogP contribution in [-0.2, 0) is 16.0 Å². The normalized spacial score (nSPS) is 29.9. The third-order valence-electron chi connectivity index (χ3n) is 5.67. The standard InChI is InChI=1S/C18H27N5O2/c1-3-13-9-19-18(20-10-13)23-11-14-8-15(16(12-23)25-14)17(24)22-6-4-21(2)5-7-22/h9-10,14-16H,3-8,11-12H2,1-2H3/t14-,15+,16-/m1/s1. The van der Waals surface area contributed by atoms with E-state index in [0.29, 0.717) is 6.54 Å². The topological polar surface area (TPSA) is 61.8 Å². The number of rotatable bonds is 3. The molecule has 0 spiro atoms. The second-order valence-corrected chi connectivity index (χ2v) is 7.42. The summed E-state index contributed by atoms with van der Waals surface area (Å²) in [6.45, 7) is 7.14. The molecule has 0 radical (unpaired) electrons. The van der Waals surface area contributed by atoms with Gasteiger partial charge in [0.05, 0.1) is 18.1 Å². The monoisotopic (exact) mass is 345 g/mol. The number of nitrogens with zero attached hydrogens (tertiary/aromatic N) is 5. The second-order valence-electron chi connectivity index (χ2n) is 7.42. The van der Waals surface area contributed by atoms with Gasteiger partial charge in [-0.15, -0.1) is 0 Å². The lowest BCUT2D eigenvalue weighted by Gasteiger charge is -2.36. The number of likely N-dealkylation sites (N-methyl/N-ethyl adjacent to an activating group) is 1. The van der Waals surface area contributed by atoms with Crippen molar-refractivity contribution in [2.75, 3.05) is 51.2 Å². The largest absolute Gasteiger partial charge is 0.370 e. The summed E-state index contributed by atoms with van der Waals surface area (Å²) in [5.41, 5.74) is 1.14. The Kier molecular flexibility index (Phi) is 4.60. The third kappa shape index (κ3) is 3.35. The molecular weight excluding hydrogens is 318 g/mol. The van der Waals surface area contributed by atoms with E-state index in [9.17, 15) is 4.79 Å². The Morgan fingerprint density at radius 2 is 1.92 bits per heavy atom. The van der Waals surface area contributed by atoms with Gasteiger partial charge >= 0.3 is 0 Å². The number of hydrogen-bond donors (Lipinski definition) is 0. The zero-order valence-corrected chi connectivity index (χ0v) is 15.1. The van der Waals surface area contributed by atoms with Crippen LogP contribution in [0.5, 0.6) is 0 Å². The molecular formula is C18H27N5O2. The number of morpholine rings is 1.